The number of aromatic nitrogens is 2. The van der Waals surface area contributed by atoms with E-state index in [4.69, 9.17) is 4.42 Å². The zero-order chi connectivity index (χ0) is 46.0. The number of thioether (sulfide) groups is 1. The van der Waals surface area contributed by atoms with Crippen molar-refractivity contribution >= 4 is 104 Å². The van der Waals surface area contributed by atoms with E-state index < -0.39 is 0 Å². The number of para-hydroxylation sites is 3. The van der Waals surface area contributed by atoms with E-state index in [1.165, 1.54) is 129 Å². The molecule has 5 heteroatoms. The van der Waals surface area contributed by atoms with Crippen LogP contribution in [0.25, 0.3) is 91.6 Å². The van der Waals surface area contributed by atoms with Gasteiger partial charge in [0.25, 0.3) is 0 Å². The molecule has 3 nitrogen and oxygen atoms in total. The number of benzene rings is 7. The summed E-state index contributed by atoms with van der Waals surface area (Å²) in [4.78, 5) is 4.78. The number of allylic oxidation sites excluding steroid dienone is 3. The monoisotopic (exact) mass is 912 g/mol. The Morgan fingerprint density at radius 1 is 0.612 bits per heavy atom. The minimum absolute atomic E-state index is 0.350. The highest BCUT2D eigenvalue weighted by atomic mass is 32.2. The molecule has 2 aliphatic carbocycles. The first-order valence-corrected chi connectivity index (χ1v) is 26.3. The van der Waals surface area contributed by atoms with Gasteiger partial charge in [0.2, 0.25) is 0 Å². The van der Waals surface area contributed by atoms with Gasteiger partial charge in [0.05, 0.1) is 5.52 Å². The molecular formula is C62H60N2OS2. The summed E-state index contributed by atoms with van der Waals surface area (Å²) in [5.41, 5.74) is 14.1. The average molecular weight is 913 g/mol. The van der Waals surface area contributed by atoms with Gasteiger partial charge in [-0.15, -0.1) is 23.1 Å². The third-order valence-corrected chi connectivity index (χ3v) is 15.5. The van der Waals surface area contributed by atoms with Crippen LogP contribution in [0, 0.1) is 0 Å². The topological polar surface area (TPSA) is 33.9 Å². The molecule has 7 aromatic carbocycles. The number of nitrogens with one attached hydrogen (secondary N) is 1. The van der Waals surface area contributed by atoms with Crippen LogP contribution in [-0.2, 0) is 12.8 Å². The zero-order valence-electron chi connectivity index (χ0n) is 39.7. The molecule has 14 rings (SSSR count). The summed E-state index contributed by atoms with van der Waals surface area (Å²) < 4.78 is 11.6. The molecule has 0 saturated carbocycles. The highest BCUT2D eigenvalue weighted by Crippen LogP contribution is 2.52. The Kier molecular flexibility index (Phi) is 13.0. The van der Waals surface area contributed by atoms with Gasteiger partial charge in [-0.2, -0.15) is 0 Å². The van der Waals surface area contributed by atoms with E-state index in [9.17, 15) is 0 Å². The fraction of sp³-hybridized carbons (Fsp3) is 0.226. The lowest BCUT2D eigenvalue weighted by Gasteiger charge is -2.23. The fourth-order valence-corrected chi connectivity index (χ4v) is 12.8. The molecule has 0 saturated heterocycles. The lowest BCUT2D eigenvalue weighted by Crippen LogP contribution is -2.13. The smallest absolute Gasteiger partial charge is 0.135 e. The summed E-state index contributed by atoms with van der Waals surface area (Å²) in [6, 6.07) is 52.5. The zero-order valence-corrected chi connectivity index (χ0v) is 41.3. The van der Waals surface area contributed by atoms with Crippen molar-refractivity contribution in [3.63, 3.8) is 0 Å². The summed E-state index contributed by atoms with van der Waals surface area (Å²) in [6.07, 6.45) is 14.8. The summed E-state index contributed by atoms with van der Waals surface area (Å²) in [6.45, 7) is 12.5. The average Bonchev–Trinajstić information content (AvgIpc) is 4.20. The van der Waals surface area contributed by atoms with E-state index in [0.29, 0.717) is 11.2 Å². The van der Waals surface area contributed by atoms with Gasteiger partial charge in [-0.25, -0.2) is 0 Å². The molecule has 0 fully saturated rings. The molecule has 2 unspecified atom stereocenters. The van der Waals surface area contributed by atoms with E-state index in [1.54, 1.807) is 5.56 Å². The molecule has 336 valence electrons. The van der Waals surface area contributed by atoms with Crippen LogP contribution in [0.2, 0.25) is 0 Å². The van der Waals surface area contributed by atoms with E-state index in [0.717, 1.165) is 17.6 Å². The van der Waals surface area contributed by atoms with E-state index in [-0.39, 0.29) is 0 Å². The van der Waals surface area contributed by atoms with Crippen molar-refractivity contribution in [1.29, 1.82) is 0 Å². The maximum atomic E-state index is 6.12. The lowest BCUT2D eigenvalue weighted by atomic mass is 9.89. The van der Waals surface area contributed by atoms with Crippen LogP contribution in [-0.4, -0.2) is 14.8 Å². The Hall–Kier alpha value is -6.27. The fourth-order valence-electron chi connectivity index (χ4n) is 10.2. The number of H-pyrrole nitrogens is 1. The van der Waals surface area contributed by atoms with Crippen molar-refractivity contribution in [1.82, 2.24) is 9.55 Å². The first kappa shape index (κ1) is 44.6. The summed E-state index contributed by atoms with van der Waals surface area (Å²) >= 11 is 3.98. The van der Waals surface area contributed by atoms with Gasteiger partial charge in [0.15, 0.2) is 0 Å². The van der Waals surface area contributed by atoms with Crippen LogP contribution in [0.4, 0.5) is 0 Å². The minimum atomic E-state index is 0.350. The van der Waals surface area contributed by atoms with Crippen molar-refractivity contribution < 1.29 is 4.42 Å². The molecule has 3 aliphatic rings. The molecule has 2 atom stereocenters. The maximum absolute atomic E-state index is 6.12. The van der Waals surface area contributed by atoms with Crippen molar-refractivity contribution in [2.45, 2.75) is 96.1 Å². The molecule has 1 N–H and O–H groups in total. The minimum Gasteiger partial charge on any atom is -0.456 e. The third-order valence-electron chi connectivity index (χ3n) is 13.0. The number of aromatic amines is 1. The standard InChI is InChI=1S/C42H29NOS2.C12H9N.2C3H8.C2H6/c1-4-10-34-30(9-1)41-35(17-16-29-28-8-3-6-12-38(28)46-42(29)41)43(34)26-15-20-40-33(23-26)32-22-25(14-19-39(32)45-40)24-13-18-37-31(21-24)27-7-2-5-11-36(27)44-37;1-3-7-11-9(5-1)10-6-2-4-8-12(10)13-11;2*1-3-2;1-2/h2-3,5-8,11-23,33,40H,1,4,9-10H2;1-8,13H;2*3H2,1-2H3;1-2H3. The van der Waals surface area contributed by atoms with Gasteiger partial charge in [0.1, 0.15) is 11.2 Å². The Morgan fingerprint density at radius 2 is 1.24 bits per heavy atom. The first-order valence-electron chi connectivity index (χ1n) is 24.6. The van der Waals surface area contributed by atoms with Gasteiger partial charge in [-0.05, 0) is 109 Å². The van der Waals surface area contributed by atoms with Crippen LogP contribution in [0.3, 0.4) is 0 Å². The highest BCUT2D eigenvalue weighted by Gasteiger charge is 2.34. The second-order valence-corrected chi connectivity index (χ2v) is 19.9. The Labute approximate surface area is 403 Å². The van der Waals surface area contributed by atoms with Crippen LogP contribution in [0.5, 0.6) is 0 Å². The Morgan fingerprint density at radius 3 is 2.00 bits per heavy atom. The molecule has 67 heavy (non-hydrogen) atoms. The number of hydrogen-bond acceptors (Lipinski definition) is 3. The first-order chi connectivity index (χ1) is 33.1. The van der Waals surface area contributed by atoms with Gasteiger partial charge in [0, 0.05) is 85.6 Å². The number of rotatable bonds is 2. The number of hydrogen-bond donors (Lipinski definition) is 1. The Balaban J connectivity index is 0.000000209. The van der Waals surface area contributed by atoms with Gasteiger partial charge < -0.3 is 14.0 Å². The van der Waals surface area contributed by atoms with Crippen molar-refractivity contribution in [2.24, 2.45) is 0 Å². The molecule has 0 amide bonds. The predicted octanol–water partition coefficient (Wildman–Crippen LogP) is 19.3. The second kappa shape index (κ2) is 19.5. The highest BCUT2D eigenvalue weighted by molar-refractivity contribution is 8.00. The molecule has 11 aromatic rings. The molecule has 0 radical (unpaired) electrons. The van der Waals surface area contributed by atoms with Gasteiger partial charge in [-0.3, -0.25) is 0 Å². The van der Waals surface area contributed by atoms with Gasteiger partial charge >= 0.3 is 0 Å². The molecule has 0 bridgehead atoms. The van der Waals surface area contributed by atoms with Crippen LogP contribution in [0.15, 0.2) is 173 Å². The maximum Gasteiger partial charge on any atom is 0.135 e. The number of furan rings is 1. The Bertz CT molecular complexity index is 3560. The number of thiophene rings is 1. The quantitative estimate of drug-likeness (QED) is 0.187. The number of aryl methyl sites for hydroxylation is 1. The molecule has 4 aromatic heterocycles. The second-order valence-electron chi connectivity index (χ2n) is 17.7. The molecule has 1 aliphatic heterocycles. The van der Waals surface area contributed by atoms with Crippen molar-refractivity contribution in [2.75, 3.05) is 0 Å². The normalized spacial score (nSPS) is 15.8. The lowest BCUT2D eigenvalue weighted by molar-refractivity contribution is 0.668. The van der Waals surface area contributed by atoms with Crippen LogP contribution in [0.1, 0.15) is 90.0 Å². The van der Waals surface area contributed by atoms with Gasteiger partial charge in [-0.1, -0.05) is 158 Å². The van der Waals surface area contributed by atoms with E-state index in [1.807, 2.05) is 43.0 Å². The van der Waals surface area contributed by atoms with Crippen LogP contribution < -0.4 is 0 Å². The largest absolute Gasteiger partial charge is 0.456 e. The number of nitrogens with zero attached hydrogens (tertiary/aromatic N) is 1. The predicted molar refractivity (Wildman–Crippen MR) is 296 cm³/mol. The number of fused-ring (bicyclic) bond motifs is 16. The van der Waals surface area contributed by atoms with E-state index >= 15 is 0 Å². The molecular weight excluding hydrogens is 853 g/mol. The summed E-state index contributed by atoms with van der Waals surface area (Å²) in [5, 5.41) is 9.68. The SMILES string of the molecule is C1=CC2Sc3ccc(-c4ccc5oc6ccccc6c5c4)cc3C2C=C1n1c2c(c3c4sc5ccccc5c4ccc31)CCCC2.CC.CCC.CCC.c1ccc2c(c1)[nH]c1ccccc12. The van der Waals surface area contributed by atoms with Crippen molar-refractivity contribution in [3.05, 3.63) is 181 Å². The van der Waals surface area contributed by atoms with Crippen LogP contribution >= 0.6 is 23.1 Å². The summed E-state index contributed by atoms with van der Waals surface area (Å²) in [5.74, 6) is 0.350. The van der Waals surface area contributed by atoms with E-state index in [2.05, 4.69) is 195 Å². The summed E-state index contributed by atoms with van der Waals surface area (Å²) in [7, 11) is 0. The van der Waals surface area contributed by atoms with Crippen molar-refractivity contribution in [3.8, 4) is 11.1 Å². The molecule has 5 heterocycles. The molecule has 0 spiro atoms. The third kappa shape index (κ3) is 8.10.